The number of pyridine rings is 1. The highest BCUT2D eigenvalue weighted by Gasteiger charge is 2.25. The second kappa shape index (κ2) is 8.37. The van der Waals surface area contributed by atoms with Gasteiger partial charge in [0.2, 0.25) is 10.0 Å². The van der Waals surface area contributed by atoms with Crippen LogP contribution in [-0.4, -0.2) is 43.4 Å². The summed E-state index contributed by atoms with van der Waals surface area (Å²) in [5, 5.41) is 0.487. The van der Waals surface area contributed by atoms with Crippen LogP contribution >= 0.6 is 11.6 Å². The minimum Gasteiger partial charge on any atom is -0.299 e. The van der Waals surface area contributed by atoms with Crippen molar-refractivity contribution in [2.24, 2.45) is 5.92 Å². The molecule has 0 amide bonds. The summed E-state index contributed by atoms with van der Waals surface area (Å²) in [7, 11) is -3.32. The summed E-state index contributed by atoms with van der Waals surface area (Å²) < 4.78 is 24.9. The third-order valence-electron chi connectivity index (χ3n) is 4.63. The number of likely N-dealkylation sites (tertiary alicyclic amines) is 1. The molecule has 1 aliphatic heterocycles. The number of hydrogen-bond acceptors (Lipinski definition) is 5. The summed E-state index contributed by atoms with van der Waals surface area (Å²) >= 11 is 5.81. The molecule has 1 saturated heterocycles. The molecular formula is C19H22ClN3O3S. The Morgan fingerprint density at radius 2 is 1.85 bits per heavy atom. The highest BCUT2D eigenvalue weighted by Crippen LogP contribution is 2.24. The van der Waals surface area contributed by atoms with E-state index in [0.717, 1.165) is 44.3 Å². The molecular weight excluding hydrogens is 386 g/mol. The first kappa shape index (κ1) is 19.8. The molecule has 27 heavy (non-hydrogen) atoms. The van der Waals surface area contributed by atoms with Crippen molar-refractivity contribution >= 4 is 33.1 Å². The summed E-state index contributed by atoms with van der Waals surface area (Å²) in [6.45, 7) is 2.51. The fourth-order valence-corrected chi connectivity index (χ4v) is 3.94. The van der Waals surface area contributed by atoms with Gasteiger partial charge in [0.25, 0.3) is 0 Å². The number of carbonyl (C=O) groups is 1. The van der Waals surface area contributed by atoms with E-state index in [9.17, 15) is 13.2 Å². The van der Waals surface area contributed by atoms with Crippen molar-refractivity contribution in [2.75, 3.05) is 24.1 Å². The molecule has 1 aromatic heterocycles. The number of hydrogen-bond donors (Lipinski definition) is 1. The van der Waals surface area contributed by atoms with Crippen LogP contribution in [0.4, 0.5) is 5.69 Å². The van der Waals surface area contributed by atoms with Crippen LogP contribution in [-0.2, 0) is 16.6 Å². The lowest BCUT2D eigenvalue weighted by Gasteiger charge is -2.31. The number of nitrogens with one attached hydrogen (secondary N) is 1. The molecule has 0 spiro atoms. The van der Waals surface area contributed by atoms with Crippen LogP contribution < -0.4 is 4.72 Å². The van der Waals surface area contributed by atoms with Gasteiger partial charge in [-0.15, -0.1) is 0 Å². The van der Waals surface area contributed by atoms with Crippen LogP contribution in [0.2, 0.25) is 5.15 Å². The monoisotopic (exact) mass is 407 g/mol. The number of rotatable bonds is 6. The normalized spacial score (nSPS) is 16.2. The van der Waals surface area contributed by atoms with Crippen molar-refractivity contribution in [3.63, 3.8) is 0 Å². The molecule has 3 rings (SSSR count). The Morgan fingerprint density at radius 1 is 1.19 bits per heavy atom. The third kappa shape index (κ3) is 5.76. The maximum Gasteiger partial charge on any atom is 0.229 e. The summed E-state index contributed by atoms with van der Waals surface area (Å²) in [4.78, 5) is 19.1. The van der Waals surface area contributed by atoms with Crippen LogP contribution in [0.1, 0.15) is 28.8 Å². The fraction of sp³-hybridized carbons (Fsp3) is 0.368. The van der Waals surface area contributed by atoms with Crippen LogP contribution in [0, 0.1) is 5.92 Å². The first-order valence-electron chi connectivity index (χ1n) is 8.75. The van der Waals surface area contributed by atoms with Gasteiger partial charge in [-0.3, -0.25) is 14.4 Å². The Balaban J connectivity index is 1.54. The molecule has 0 saturated carbocycles. The molecule has 1 N–H and O–H groups in total. The number of carbonyl (C=O) groups excluding carboxylic acids is 1. The standard InChI is InChI=1S/C19H22ClN3O3S/c1-27(25,26)22-17-5-3-15(4-6-17)19(24)16-8-10-23(11-9-16)13-14-2-7-18(20)21-12-14/h2-7,12,16,22H,8-11,13H2,1H3. The van der Waals surface area contributed by atoms with E-state index in [1.54, 1.807) is 36.5 Å². The average Bonchev–Trinajstić information content (AvgIpc) is 2.63. The molecule has 0 atom stereocenters. The number of nitrogens with zero attached hydrogens (tertiary/aromatic N) is 2. The Kier molecular flexibility index (Phi) is 6.14. The number of aromatic nitrogens is 1. The minimum absolute atomic E-state index is 0.00157. The quantitative estimate of drug-likeness (QED) is 0.587. The van der Waals surface area contributed by atoms with Crippen molar-refractivity contribution in [2.45, 2.75) is 19.4 Å². The van der Waals surface area contributed by atoms with Crippen LogP contribution in [0.25, 0.3) is 0 Å². The first-order chi connectivity index (χ1) is 12.8. The predicted octanol–water partition coefficient (Wildman–Crippen LogP) is 3.20. The molecule has 0 bridgehead atoms. The zero-order valence-corrected chi connectivity index (χ0v) is 16.6. The van der Waals surface area contributed by atoms with Crippen LogP contribution in [0.5, 0.6) is 0 Å². The van der Waals surface area contributed by atoms with E-state index in [-0.39, 0.29) is 11.7 Å². The molecule has 6 nitrogen and oxygen atoms in total. The van der Waals surface area contributed by atoms with Crippen LogP contribution in [0.3, 0.4) is 0 Å². The molecule has 2 aromatic rings. The van der Waals surface area contributed by atoms with Gasteiger partial charge in [-0.05, 0) is 61.8 Å². The summed E-state index contributed by atoms with van der Waals surface area (Å²) in [6.07, 6.45) is 4.50. The topological polar surface area (TPSA) is 79.4 Å². The highest BCUT2D eigenvalue weighted by atomic mass is 35.5. The second-order valence-corrected chi connectivity index (χ2v) is 8.99. The molecule has 1 fully saturated rings. The highest BCUT2D eigenvalue weighted by molar-refractivity contribution is 7.92. The maximum absolute atomic E-state index is 12.7. The van der Waals surface area contributed by atoms with E-state index in [4.69, 9.17) is 11.6 Å². The van der Waals surface area contributed by atoms with Gasteiger partial charge < -0.3 is 0 Å². The predicted molar refractivity (Wildman–Crippen MR) is 106 cm³/mol. The number of piperidine rings is 1. The fourth-order valence-electron chi connectivity index (χ4n) is 3.26. The van der Waals surface area contributed by atoms with E-state index in [2.05, 4.69) is 14.6 Å². The van der Waals surface area contributed by atoms with Crippen molar-refractivity contribution in [3.8, 4) is 0 Å². The van der Waals surface area contributed by atoms with Gasteiger partial charge in [-0.2, -0.15) is 0 Å². The lowest BCUT2D eigenvalue weighted by atomic mass is 9.88. The number of Topliss-reactive ketones (excluding diaryl/α,β-unsaturated/α-hetero) is 1. The van der Waals surface area contributed by atoms with Gasteiger partial charge in [0.05, 0.1) is 6.26 Å². The lowest BCUT2D eigenvalue weighted by molar-refractivity contribution is 0.0835. The summed E-state index contributed by atoms with van der Waals surface area (Å²) in [5.74, 6) is 0.118. The molecule has 0 aliphatic carbocycles. The third-order valence-corrected chi connectivity index (χ3v) is 5.46. The molecule has 2 heterocycles. The molecule has 144 valence electrons. The van der Waals surface area contributed by atoms with E-state index < -0.39 is 10.0 Å². The van der Waals surface area contributed by atoms with E-state index in [0.29, 0.717) is 16.4 Å². The Hall–Kier alpha value is -1.96. The average molecular weight is 408 g/mol. The van der Waals surface area contributed by atoms with Gasteiger partial charge >= 0.3 is 0 Å². The number of halogens is 1. The molecule has 0 radical (unpaired) electrons. The zero-order chi connectivity index (χ0) is 19.4. The first-order valence-corrected chi connectivity index (χ1v) is 11.0. The number of benzene rings is 1. The van der Waals surface area contributed by atoms with Gasteiger partial charge in [0.15, 0.2) is 5.78 Å². The number of sulfonamides is 1. The van der Waals surface area contributed by atoms with E-state index >= 15 is 0 Å². The lowest BCUT2D eigenvalue weighted by Crippen LogP contribution is -2.36. The number of anilines is 1. The molecule has 8 heteroatoms. The maximum atomic E-state index is 12.7. The largest absolute Gasteiger partial charge is 0.299 e. The van der Waals surface area contributed by atoms with Gasteiger partial charge in [-0.1, -0.05) is 17.7 Å². The Bertz CT molecular complexity index is 891. The van der Waals surface area contributed by atoms with Gasteiger partial charge in [-0.25, -0.2) is 13.4 Å². The summed E-state index contributed by atoms with van der Waals surface area (Å²) in [5.41, 5.74) is 2.19. The number of ketones is 1. The Labute approximate surface area is 164 Å². The van der Waals surface area contributed by atoms with E-state index in [1.807, 2.05) is 6.07 Å². The van der Waals surface area contributed by atoms with Gasteiger partial charge in [0, 0.05) is 29.9 Å². The van der Waals surface area contributed by atoms with Crippen molar-refractivity contribution in [1.82, 2.24) is 9.88 Å². The smallest absolute Gasteiger partial charge is 0.229 e. The summed E-state index contributed by atoms with van der Waals surface area (Å²) in [6, 6.07) is 10.4. The molecule has 0 unspecified atom stereocenters. The van der Waals surface area contributed by atoms with E-state index in [1.165, 1.54) is 0 Å². The Morgan fingerprint density at radius 3 is 2.41 bits per heavy atom. The van der Waals surface area contributed by atoms with Gasteiger partial charge in [0.1, 0.15) is 5.15 Å². The molecule has 1 aromatic carbocycles. The minimum atomic E-state index is -3.32. The van der Waals surface area contributed by atoms with Crippen molar-refractivity contribution < 1.29 is 13.2 Å². The SMILES string of the molecule is CS(=O)(=O)Nc1ccc(C(=O)C2CCN(Cc3ccc(Cl)nc3)CC2)cc1. The van der Waals surface area contributed by atoms with Crippen molar-refractivity contribution in [1.29, 1.82) is 0 Å². The van der Waals surface area contributed by atoms with Crippen molar-refractivity contribution in [3.05, 3.63) is 58.9 Å². The molecule has 1 aliphatic rings. The second-order valence-electron chi connectivity index (χ2n) is 6.86. The zero-order valence-electron chi connectivity index (χ0n) is 15.1. The van der Waals surface area contributed by atoms with Crippen LogP contribution in [0.15, 0.2) is 42.6 Å².